The molecule has 20 heavy (non-hydrogen) atoms. The van der Waals surface area contributed by atoms with Gasteiger partial charge in [-0.05, 0) is 43.2 Å². The highest BCUT2D eigenvalue weighted by Crippen LogP contribution is 2.27. The van der Waals surface area contributed by atoms with Crippen molar-refractivity contribution in [1.29, 1.82) is 0 Å². The molecule has 0 saturated heterocycles. The van der Waals surface area contributed by atoms with E-state index in [1.807, 2.05) is 12.1 Å². The average Bonchev–Trinajstić information content (AvgIpc) is 2.97. The summed E-state index contributed by atoms with van der Waals surface area (Å²) in [6.45, 7) is 0.779. The molecule has 1 aromatic carbocycles. The molecule has 3 rings (SSSR count). The van der Waals surface area contributed by atoms with Gasteiger partial charge in [-0.25, -0.2) is 0 Å². The molecule has 4 heteroatoms. The van der Waals surface area contributed by atoms with Gasteiger partial charge in [0.15, 0.2) is 0 Å². The molecule has 0 radical (unpaired) electrons. The average molecular weight is 334 g/mol. The van der Waals surface area contributed by atoms with E-state index in [9.17, 15) is 0 Å². The number of nitrogens with one attached hydrogen (secondary N) is 1. The SMILES string of the molecule is Brc1ccc(NCc2ccn(C3CCCCC3)n2)cc1. The van der Waals surface area contributed by atoms with E-state index >= 15 is 0 Å². The van der Waals surface area contributed by atoms with Crippen LogP contribution in [0.1, 0.15) is 43.8 Å². The molecule has 0 aliphatic heterocycles. The Labute approximate surface area is 128 Å². The first-order chi connectivity index (χ1) is 9.81. The van der Waals surface area contributed by atoms with Gasteiger partial charge in [-0.15, -0.1) is 0 Å². The normalized spacial score (nSPS) is 16.2. The molecule has 1 N–H and O–H groups in total. The molecule has 1 aliphatic rings. The molecule has 0 bridgehead atoms. The minimum atomic E-state index is 0.616. The third-order valence-electron chi connectivity index (χ3n) is 3.93. The summed E-state index contributed by atoms with van der Waals surface area (Å²) >= 11 is 3.45. The smallest absolute Gasteiger partial charge is 0.0815 e. The first kappa shape index (κ1) is 13.7. The molecule has 1 aliphatic carbocycles. The van der Waals surface area contributed by atoms with Crippen LogP contribution in [-0.2, 0) is 6.54 Å². The van der Waals surface area contributed by atoms with Crippen LogP contribution in [0, 0.1) is 0 Å². The molecule has 1 saturated carbocycles. The standard InChI is InChI=1S/C16H20BrN3/c17-13-6-8-14(9-7-13)18-12-15-10-11-20(19-15)16-4-2-1-3-5-16/h6-11,16,18H,1-5,12H2. The van der Waals surface area contributed by atoms with Crippen LogP contribution in [-0.4, -0.2) is 9.78 Å². The quantitative estimate of drug-likeness (QED) is 0.873. The van der Waals surface area contributed by atoms with E-state index in [4.69, 9.17) is 5.10 Å². The lowest BCUT2D eigenvalue weighted by atomic mass is 9.96. The second-order valence-electron chi connectivity index (χ2n) is 5.44. The molecule has 1 heterocycles. The molecular formula is C16H20BrN3. The van der Waals surface area contributed by atoms with Crippen LogP contribution < -0.4 is 5.32 Å². The molecule has 1 aromatic heterocycles. The maximum Gasteiger partial charge on any atom is 0.0815 e. The summed E-state index contributed by atoms with van der Waals surface area (Å²) in [4.78, 5) is 0. The Bertz CT molecular complexity index is 541. The van der Waals surface area contributed by atoms with Crippen molar-refractivity contribution in [2.45, 2.75) is 44.7 Å². The minimum absolute atomic E-state index is 0.616. The summed E-state index contributed by atoms with van der Waals surface area (Å²) in [6.07, 6.45) is 8.76. The predicted molar refractivity (Wildman–Crippen MR) is 85.8 cm³/mol. The third-order valence-corrected chi connectivity index (χ3v) is 4.46. The van der Waals surface area contributed by atoms with Gasteiger partial charge in [0.1, 0.15) is 0 Å². The Kier molecular flexibility index (Phi) is 4.41. The number of hydrogen-bond acceptors (Lipinski definition) is 2. The van der Waals surface area contributed by atoms with Crippen LogP contribution in [0.5, 0.6) is 0 Å². The number of benzene rings is 1. The van der Waals surface area contributed by atoms with Crippen LogP contribution in [0.4, 0.5) is 5.69 Å². The number of rotatable bonds is 4. The van der Waals surface area contributed by atoms with Crippen molar-refractivity contribution in [2.75, 3.05) is 5.32 Å². The fourth-order valence-corrected chi connectivity index (χ4v) is 3.05. The van der Waals surface area contributed by atoms with Crippen LogP contribution in [0.15, 0.2) is 41.0 Å². The largest absolute Gasteiger partial charge is 0.379 e. The fraction of sp³-hybridized carbons (Fsp3) is 0.438. The van der Waals surface area contributed by atoms with Crippen LogP contribution in [0.25, 0.3) is 0 Å². The van der Waals surface area contributed by atoms with E-state index in [0.717, 1.165) is 22.4 Å². The summed E-state index contributed by atoms with van der Waals surface area (Å²) in [5.74, 6) is 0. The summed E-state index contributed by atoms with van der Waals surface area (Å²) in [5.41, 5.74) is 2.24. The Morgan fingerprint density at radius 2 is 1.85 bits per heavy atom. The summed E-state index contributed by atoms with van der Waals surface area (Å²) in [5, 5.41) is 8.12. The van der Waals surface area contributed by atoms with Gasteiger partial charge < -0.3 is 5.32 Å². The highest BCUT2D eigenvalue weighted by atomic mass is 79.9. The molecule has 0 unspecified atom stereocenters. The topological polar surface area (TPSA) is 29.9 Å². The van der Waals surface area contributed by atoms with E-state index in [-0.39, 0.29) is 0 Å². The second kappa shape index (κ2) is 6.44. The number of nitrogens with zero attached hydrogens (tertiary/aromatic N) is 2. The maximum absolute atomic E-state index is 4.71. The van der Waals surface area contributed by atoms with E-state index in [1.165, 1.54) is 32.1 Å². The predicted octanol–water partition coefficient (Wildman–Crippen LogP) is 4.76. The van der Waals surface area contributed by atoms with Gasteiger partial charge in [0.2, 0.25) is 0 Å². The van der Waals surface area contributed by atoms with Gasteiger partial charge in [-0.2, -0.15) is 5.10 Å². The van der Waals surface area contributed by atoms with Gasteiger partial charge in [0.05, 0.1) is 18.3 Å². The molecular weight excluding hydrogens is 314 g/mol. The second-order valence-corrected chi connectivity index (χ2v) is 6.36. The van der Waals surface area contributed by atoms with E-state index in [1.54, 1.807) is 0 Å². The first-order valence-electron chi connectivity index (χ1n) is 7.35. The molecule has 106 valence electrons. The van der Waals surface area contributed by atoms with Crippen molar-refractivity contribution in [3.8, 4) is 0 Å². The van der Waals surface area contributed by atoms with Crippen molar-refractivity contribution in [3.63, 3.8) is 0 Å². The van der Waals surface area contributed by atoms with Gasteiger partial charge in [0, 0.05) is 16.4 Å². The summed E-state index contributed by atoms with van der Waals surface area (Å²) < 4.78 is 3.27. The molecule has 2 aromatic rings. The highest BCUT2D eigenvalue weighted by molar-refractivity contribution is 9.10. The molecule has 0 amide bonds. The Morgan fingerprint density at radius 3 is 2.60 bits per heavy atom. The van der Waals surface area contributed by atoms with Crippen LogP contribution in [0.2, 0.25) is 0 Å². The number of halogens is 1. The molecule has 1 fully saturated rings. The molecule has 0 atom stereocenters. The highest BCUT2D eigenvalue weighted by Gasteiger charge is 2.15. The van der Waals surface area contributed by atoms with Crippen molar-refractivity contribution in [1.82, 2.24) is 9.78 Å². The lowest BCUT2D eigenvalue weighted by Crippen LogP contribution is -2.13. The van der Waals surface area contributed by atoms with Gasteiger partial charge in [-0.1, -0.05) is 35.2 Å². The fourth-order valence-electron chi connectivity index (χ4n) is 2.78. The Morgan fingerprint density at radius 1 is 1.10 bits per heavy atom. The minimum Gasteiger partial charge on any atom is -0.379 e. The lowest BCUT2D eigenvalue weighted by Gasteiger charge is -2.21. The van der Waals surface area contributed by atoms with Crippen molar-refractivity contribution < 1.29 is 0 Å². The number of anilines is 1. The molecule has 3 nitrogen and oxygen atoms in total. The monoisotopic (exact) mass is 333 g/mol. The maximum atomic E-state index is 4.71. The van der Waals surface area contributed by atoms with E-state index in [0.29, 0.717) is 6.04 Å². The van der Waals surface area contributed by atoms with Crippen molar-refractivity contribution >= 4 is 21.6 Å². The zero-order valence-corrected chi connectivity index (χ0v) is 13.1. The third kappa shape index (κ3) is 3.42. The van der Waals surface area contributed by atoms with Crippen molar-refractivity contribution in [2.24, 2.45) is 0 Å². The van der Waals surface area contributed by atoms with Gasteiger partial charge in [-0.3, -0.25) is 4.68 Å². The van der Waals surface area contributed by atoms with Gasteiger partial charge >= 0.3 is 0 Å². The Hall–Kier alpha value is -1.29. The number of aromatic nitrogens is 2. The van der Waals surface area contributed by atoms with E-state index in [2.05, 4.69) is 50.3 Å². The van der Waals surface area contributed by atoms with E-state index < -0.39 is 0 Å². The van der Waals surface area contributed by atoms with Crippen molar-refractivity contribution in [3.05, 3.63) is 46.7 Å². The Balaban J connectivity index is 1.58. The number of hydrogen-bond donors (Lipinski definition) is 1. The van der Waals surface area contributed by atoms with Crippen LogP contribution >= 0.6 is 15.9 Å². The summed E-state index contributed by atoms with van der Waals surface area (Å²) in [7, 11) is 0. The molecule has 0 spiro atoms. The first-order valence-corrected chi connectivity index (χ1v) is 8.14. The van der Waals surface area contributed by atoms with Crippen LogP contribution in [0.3, 0.4) is 0 Å². The van der Waals surface area contributed by atoms with Gasteiger partial charge in [0.25, 0.3) is 0 Å². The lowest BCUT2D eigenvalue weighted by molar-refractivity contribution is 0.328. The zero-order chi connectivity index (χ0) is 13.8. The summed E-state index contributed by atoms with van der Waals surface area (Å²) in [6, 6.07) is 11.0. The zero-order valence-electron chi connectivity index (χ0n) is 11.6.